The number of halogens is 3. The van der Waals surface area contributed by atoms with Crippen LogP contribution in [0, 0.1) is 0 Å². The van der Waals surface area contributed by atoms with Gasteiger partial charge in [-0.05, 0) is 68.0 Å². The zero-order valence-electron chi connectivity index (χ0n) is 23.9. The van der Waals surface area contributed by atoms with Crippen LogP contribution >= 0.6 is 0 Å². The van der Waals surface area contributed by atoms with Gasteiger partial charge in [0.25, 0.3) is 10.0 Å². The van der Waals surface area contributed by atoms with Crippen molar-refractivity contribution in [2.45, 2.75) is 82.0 Å². The third-order valence-electron chi connectivity index (χ3n) is 7.63. The molecule has 0 amide bonds. The van der Waals surface area contributed by atoms with Gasteiger partial charge in [0, 0.05) is 29.8 Å². The molecule has 2 aromatic carbocycles. The van der Waals surface area contributed by atoms with Crippen molar-refractivity contribution in [3.63, 3.8) is 0 Å². The van der Waals surface area contributed by atoms with E-state index < -0.39 is 32.4 Å². The molecule has 2 heterocycles. The number of hydrogen-bond donors (Lipinski definition) is 1. The number of esters is 1. The van der Waals surface area contributed by atoms with Gasteiger partial charge in [0.15, 0.2) is 5.03 Å². The van der Waals surface area contributed by atoms with Crippen molar-refractivity contribution in [1.29, 1.82) is 0 Å². The standard InChI is InChI=1S/C32H35F3N2O4S/c1-4-17-31(18-16-23-10-7-6-8-11-23)20-22(3)29(30(38)41-31)27(5-2)24-12-9-13-26(19-24)37-42(39,40)28-15-14-25(21-36-28)32(33,34)35/h6-15,19,21,27,37H,4-5,16-18,20H2,1-3H3/t27-,31-/m1/s1. The first-order valence-electron chi connectivity index (χ1n) is 14.0. The SMILES string of the molecule is CCC[C@@]1(CCc2ccccc2)CC(C)=C([C@H](CC)c2cccc(NS(=O)(=O)c3ccc(C(F)(F)F)cn3)c2)C(=O)O1. The number of aryl methyl sites for hydroxylation is 1. The van der Waals surface area contributed by atoms with Crippen LogP contribution in [0.15, 0.2) is 89.1 Å². The van der Waals surface area contributed by atoms with Crippen LogP contribution in [0.4, 0.5) is 18.9 Å². The predicted molar refractivity (Wildman–Crippen MR) is 155 cm³/mol. The molecule has 42 heavy (non-hydrogen) atoms. The fourth-order valence-corrected chi connectivity index (χ4v) is 6.68. The number of cyclic esters (lactones) is 1. The van der Waals surface area contributed by atoms with Crippen LogP contribution in [0.3, 0.4) is 0 Å². The molecule has 0 saturated carbocycles. The van der Waals surface area contributed by atoms with E-state index in [1.807, 2.05) is 38.1 Å². The molecule has 1 aliphatic rings. The van der Waals surface area contributed by atoms with Crippen molar-refractivity contribution < 1.29 is 31.1 Å². The van der Waals surface area contributed by atoms with Crippen LogP contribution in [-0.4, -0.2) is 25.0 Å². The molecular weight excluding hydrogens is 565 g/mol. The zero-order valence-corrected chi connectivity index (χ0v) is 24.7. The van der Waals surface area contributed by atoms with Crippen molar-refractivity contribution >= 4 is 21.7 Å². The monoisotopic (exact) mass is 600 g/mol. The fourth-order valence-electron chi connectivity index (χ4n) is 5.70. The third kappa shape index (κ3) is 7.21. The first-order valence-corrected chi connectivity index (χ1v) is 15.5. The van der Waals surface area contributed by atoms with Gasteiger partial charge >= 0.3 is 12.1 Å². The van der Waals surface area contributed by atoms with Gasteiger partial charge in [-0.25, -0.2) is 9.78 Å². The summed E-state index contributed by atoms with van der Waals surface area (Å²) in [6.45, 7) is 5.99. The molecule has 0 bridgehead atoms. The summed E-state index contributed by atoms with van der Waals surface area (Å²) in [5, 5.41) is -0.537. The summed E-state index contributed by atoms with van der Waals surface area (Å²) < 4.78 is 73.0. The Kier molecular flexibility index (Phi) is 9.45. The number of rotatable bonds is 11. The normalized spacial score (nSPS) is 18.5. The molecule has 1 aromatic heterocycles. The second-order valence-corrected chi connectivity index (χ2v) is 12.4. The minimum absolute atomic E-state index is 0.207. The van der Waals surface area contributed by atoms with Crippen LogP contribution in [0.25, 0.3) is 0 Å². The average Bonchev–Trinajstić information content (AvgIpc) is 2.94. The fraction of sp³-hybridized carbons (Fsp3) is 0.375. The summed E-state index contributed by atoms with van der Waals surface area (Å²) >= 11 is 0. The topological polar surface area (TPSA) is 85.4 Å². The molecule has 0 radical (unpaired) electrons. The van der Waals surface area contributed by atoms with E-state index in [0.29, 0.717) is 37.1 Å². The Bertz CT molecular complexity index is 1540. The Hall–Kier alpha value is -3.66. The number of aromatic nitrogens is 1. The van der Waals surface area contributed by atoms with Crippen LogP contribution in [0.2, 0.25) is 0 Å². The van der Waals surface area contributed by atoms with E-state index >= 15 is 0 Å². The van der Waals surface area contributed by atoms with Crippen LogP contribution in [-0.2, 0) is 32.2 Å². The number of ether oxygens (including phenoxy) is 1. The molecule has 2 atom stereocenters. The molecule has 10 heteroatoms. The number of sulfonamides is 1. The van der Waals surface area contributed by atoms with Crippen LogP contribution < -0.4 is 4.72 Å². The second kappa shape index (κ2) is 12.7. The Morgan fingerprint density at radius 1 is 1.02 bits per heavy atom. The molecule has 0 unspecified atom stereocenters. The second-order valence-electron chi connectivity index (χ2n) is 10.8. The number of carbonyl (C=O) groups excluding carboxylic acids is 1. The Morgan fingerprint density at radius 3 is 2.36 bits per heavy atom. The van der Waals surface area contributed by atoms with Gasteiger partial charge in [0.1, 0.15) is 5.60 Å². The highest BCUT2D eigenvalue weighted by Gasteiger charge is 2.41. The number of anilines is 1. The molecule has 0 spiro atoms. The van der Waals surface area contributed by atoms with E-state index in [0.717, 1.165) is 36.5 Å². The predicted octanol–water partition coefficient (Wildman–Crippen LogP) is 7.83. The van der Waals surface area contributed by atoms with Gasteiger partial charge in [-0.2, -0.15) is 21.6 Å². The number of nitrogens with one attached hydrogen (secondary N) is 1. The number of hydrogen-bond acceptors (Lipinski definition) is 5. The lowest BCUT2D eigenvalue weighted by molar-refractivity contribution is -0.159. The summed E-state index contributed by atoms with van der Waals surface area (Å²) in [4.78, 5) is 17.1. The maximum absolute atomic E-state index is 13.6. The number of benzene rings is 2. The maximum atomic E-state index is 13.6. The minimum atomic E-state index is -4.63. The van der Waals surface area contributed by atoms with E-state index in [2.05, 4.69) is 28.8 Å². The molecule has 0 saturated heterocycles. The highest BCUT2D eigenvalue weighted by molar-refractivity contribution is 7.92. The summed E-state index contributed by atoms with van der Waals surface area (Å²) in [7, 11) is -4.25. The average molecular weight is 601 g/mol. The summed E-state index contributed by atoms with van der Waals surface area (Å²) in [5.74, 6) is -0.688. The van der Waals surface area contributed by atoms with Crippen molar-refractivity contribution in [2.75, 3.05) is 4.72 Å². The van der Waals surface area contributed by atoms with Crippen molar-refractivity contribution in [3.05, 3.63) is 101 Å². The van der Waals surface area contributed by atoms with Gasteiger partial charge in [0.2, 0.25) is 0 Å². The molecular formula is C32H35F3N2O4S. The lowest BCUT2D eigenvalue weighted by atomic mass is 9.77. The van der Waals surface area contributed by atoms with Crippen molar-refractivity contribution in [1.82, 2.24) is 4.98 Å². The largest absolute Gasteiger partial charge is 0.455 e. The quantitative estimate of drug-likeness (QED) is 0.227. The highest BCUT2D eigenvalue weighted by Crippen LogP contribution is 2.43. The number of pyridine rings is 1. The maximum Gasteiger partial charge on any atom is 0.417 e. The number of nitrogens with zero attached hydrogens (tertiary/aromatic N) is 1. The summed E-state index contributed by atoms with van der Waals surface area (Å²) in [5.41, 5.74) is 2.02. The number of alkyl halides is 3. The van der Waals surface area contributed by atoms with E-state index in [1.54, 1.807) is 12.1 Å². The molecule has 6 nitrogen and oxygen atoms in total. The van der Waals surface area contributed by atoms with Crippen LogP contribution in [0.1, 0.15) is 75.5 Å². The van der Waals surface area contributed by atoms with E-state index in [4.69, 9.17) is 4.74 Å². The molecule has 0 aliphatic carbocycles. The van der Waals surface area contributed by atoms with Gasteiger partial charge in [-0.1, -0.05) is 68.3 Å². The Morgan fingerprint density at radius 2 is 1.76 bits per heavy atom. The molecule has 224 valence electrons. The Balaban J connectivity index is 1.57. The summed E-state index contributed by atoms with van der Waals surface area (Å²) in [6.07, 6.45) is 0.190. The molecule has 4 rings (SSSR count). The Labute approximate surface area is 245 Å². The lowest BCUT2D eigenvalue weighted by Gasteiger charge is -2.40. The van der Waals surface area contributed by atoms with Gasteiger partial charge in [-0.3, -0.25) is 4.72 Å². The van der Waals surface area contributed by atoms with E-state index in [-0.39, 0.29) is 17.6 Å². The van der Waals surface area contributed by atoms with Gasteiger partial charge < -0.3 is 4.74 Å². The lowest BCUT2D eigenvalue weighted by Crippen LogP contribution is -2.41. The van der Waals surface area contributed by atoms with Crippen molar-refractivity contribution in [3.8, 4) is 0 Å². The van der Waals surface area contributed by atoms with Crippen molar-refractivity contribution in [2.24, 2.45) is 0 Å². The van der Waals surface area contributed by atoms with E-state index in [9.17, 15) is 26.4 Å². The van der Waals surface area contributed by atoms with Gasteiger partial charge in [0.05, 0.1) is 5.56 Å². The van der Waals surface area contributed by atoms with E-state index in [1.165, 1.54) is 11.6 Å². The van der Waals surface area contributed by atoms with Crippen LogP contribution in [0.5, 0.6) is 0 Å². The molecule has 0 fully saturated rings. The molecule has 3 aromatic rings. The first kappa shape index (κ1) is 31.3. The molecule has 1 aliphatic heterocycles. The third-order valence-corrected chi connectivity index (χ3v) is 8.93. The first-order chi connectivity index (χ1) is 19.9. The highest BCUT2D eigenvalue weighted by atomic mass is 32.2. The summed E-state index contributed by atoms with van der Waals surface area (Å²) in [6, 6.07) is 18.3. The zero-order chi connectivity index (χ0) is 30.5. The smallest absolute Gasteiger partial charge is 0.417 e. The van der Waals surface area contributed by atoms with Gasteiger partial charge in [-0.15, -0.1) is 0 Å². The molecule has 1 N–H and O–H groups in total. The number of carbonyl (C=O) groups is 1. The minimum Gasteiger partial charge on any atom is -0.455 e.